The van der Waals surface area contributed by atoms with E-state index in [2.05, 4.69) is 38.2 Å². The summed E-state index contributed by atoms with van der Waals surface area (Å²) in [6.45, 7) is 11.7. The summed E-state index contributed by atoms with van der Waals surface area (Å²) in [5.41, 5.74) is 5.10. The molecule has 0 spiro atoms. The minimum absolute atomic E-state index is 0.126. The number of benzene rings is 1. The van der Waals surface area contributed by atoms with E-state index in [0.29, 0.717) is 11.3 Å². The Bertz CT molecular complexity index is 782. The van der Waals surface area contributed by atoms with Gasteiger partial charge in [0.15, 0.2) is 0 Å². The fraction of sp³-hybridized carbons (Fsp3) is 0.450. The van der Waals surface area contributed by atoms with E-state index in [4.69, 9.17) is 0 Å². The summed E-state index contributed by atoms with van der Waals surface area (Å²) >= 11 is 0. The van der Waals surface area contributed by atoms with Gasteiger partial charge in [0.1, 0.15) is 0 Å². The van der Waals surface area contributed by atoms with Crippen LogP contribution in [0.3, 0.4) is 0 Å². The average Bonchev–Trinajstić information content (AvgIpc) is 2.57. The van der Waals surface area contributed by atoms with Gasteiger partial charge in [-0.25, -0.2) is 9.97 Å². The molecule has 26 heavy (non-hydrogen) atoms. The molecule has 0 radical (unpaired) electrons. The highest BCUT2D eigenvalue weighted by atomic mass is 16.1. The van der Waals surface area contributed by atoms with Crippen LogP contribution >= 0.6 is 0 Å². The quantitative estimate of drug-likeness (QED) is 0.919. The number of rotatable bonds is 3. The number of carbonyl (C=O) groups is 1. The summed E-state index contributed by atoms with van der Waals surface area (Å²) in [4.78, 5) is 26.5. The molecule has 1 aromatic heterocycles. The van der Waals surface area contributed by atoms with E-state index in [9.17, 15) is 4.79 Å². The second kappa shape index (κ2) is 7.41. The molecular weight excluding hydrogens is 326 g/mol. The predicted octanol–water partition coefficient (Wildman–Crippen LogP) is 2.71. The van der Waals surface area contributed by atoms with Crippen molar-refractivity contribution < 1.29 is 4.79 Å². The number of hydrogen-bond acceptors (Lipinski definition) is 5. The molecule has 1 N–H and O–H groups in total. The molecule has 2 aromatic rings. The van der Waals surface area contributed by atoms with Gasteiger partial charge in [-0.05, 0) is 46.9 Å². The number of anilines is 2. The molecule has 1 saturated heterocycles. The molecular formula is C20H27N5O. The maximum atomic E-state index is 12.7. The van der Waals surface area contributed by atoms with E-state index >= 15 is 0 Å². The standard InChI is InChI=1S/C20H27N5O/c1-13-10-14(2)12-17(11-13)19(26)23-18-15(3)21-20(22-16(18)4)25-8-6-24(5)7-9-25/h10-12H,6-9H2,1-5H3,(H,23,26). The molecule has 6 heteroatoms. The molecule has 1 aromatic carbocycles. The molecule has 1 aliphatic rings. The molecule has 2 heterocycles. The first-order valence-corrected chi connectivity index (χ1v) is 9.02. The highest BCUT2D eigenvalue weighted by Crippen LogP contribution is 2.22. The van der Waals surface area contributed by atoms with Gasteiger partial charge in [-0.2, -0.15) is 0 Å². The fourth-order valence-corrected chi connectivity index (χ4v) is 3.32. The van der Waals surface area contributed by atoms with Crippen molar-refractivity contribution in [2.45, 2.75) is 27.7 Å². The van der Waals surface area contributed by atoms with E-state index in [1.807, 2.05) is 39.8 Å². The third kappa shape index (κ3) is 4.02. The number of piperazine rings is 1. The maximum absolute atomic E-state index is 12.7. The van der Waals surface area contributed by atoms with Crippen LogP contribution in [0.15, 0.2) is 18.2 Å². The van der Waals surface area contributed by atoms with Crippen LogP contribution in [0.5, 0.6) is 0 Å². The number of nitrogens with one attached hydrogen (secondary N) is 1. The lowest BCUT2D eigenvalue weighted by atomic mass is 10.1. The van der Waals surface area contributed by atoms with E-state index < -0.39 is 0 Å². The largest absolute Gasteiger partial charge is 0.338 e. The number of aromatic nitrogens is 2. The van der Waals surface area contributed by atoms with Crippen LogP contribution in [0.25, 0.3) is 0 Å². The third-order valence-corrected chi connectivity index (χ3v) is 4.77. The molecule has 6 nitrogen and oxygen atoms in total. The lowest BCUT2D eigenvalue weighted by molar-refractivity contribution is 0.102. The second-order valence-corrected chi connectivity index (χ2v) is 7.19. The third-order valence-electron chi connectivity index (χ3n) is 4.77. The number of hydrogen-bond donors (Lipinski definition) is 1. The van der Waals surface area contributed by atoms with Crippen molar-refractivity contribution in [2.24, 2.45) is 0 Å². The van der Waals surface area contributed by atoms with Gasteiger partial charge in [-0.3, -0.25) is 4.79 Å². The number of likely N-dealkylation sites (N-methyl/N-ethyl adjacent to an activating group) is 1. The monoisotopic (exact) mass is 353 g/mol. The van der Waals surface area contributed by atoms with Crippen LogP contribution in [-0.4, -0.2) is 54.0 Å². The lowest BCUT2D eigenvalue weighted by Gasteiger charge is -2.32. The Hall–Kier alpha value is -2.47. The van der Waals surface area contributed by atoms with Gasteiger partial charge >= 0.3 is 0 Å². The Morgan fingerprint density at radius 3 is 2.00 bits per heavy atom. The van der Waals surface area contributed by atoms with Crippen molar-refractivity contribution in [1.82, 2.24) is 14.9 Å². The molecule has 1 amide bonds. The zero-order valence-electron chi connectivity index (χ0n) is 16.3. The zero-order chi connectivity index (χ0) is 18.8. The summed E-state index contributed by atoms with van der Waals surface area (Å²) in [5, 5.41) is 3.00. The minimum Gasteiger partial charge on any atom is -0.338 e. The normalized spacial score (nSPS) is 15.2. The molecule has 0 aliphatic carbocycles. The van der Waals surface area contributed by atoms with Gasteiger partial charge in [-0.1, -0.05) is 17.2 Å². The summed E-state index contributed by atoms with van der Waals surface area (Å²) < 4.78 is 0. The Balaban J connectivity index is 1.81. The molecule has 1 aliphatic heterocycles. The van der Waals surface area contributed by atoms with Gasteiger partial charge in [0.2, 0.25) is 5.95 Å². The van der Waals surface area contributed by atoms with Crippen molar-refractivity contribution in [3.63, 3.8) is 0 Å². The van der Waals surface area contributed by atoms with E-state index in [-0.39, 0.29) is 5.91 Å². The number of nitrogens with zero attached hydrogens (tertiary/aromatic N) is 4. The zero-order valence-corrected chi connectivity index (χ0v) is 16.3. The van der Waals surface area contributed by atoms with Crippen molar-refractivity contribution in [1.29, 1.82) is 0 Å². The second-order valence-electron chi connectivity index (χ2n) is 7.19. The first kappa shape index (κ1) is 18.3. The summed E-state index contributed by atoms with van der Waals surface area (Å²) in [7, 11) is 2.13. The van der Waals surface area contributed by atoms with Crippen molar-refractivity contribution in [2.75, 3.05) is 43.4 Å². The summed E-state index contributed by atoms with van der Waals surface area (Å²) in [6.07, 6.45) is 0. The molecule has 0 saturated carbocycles. The molecule has 138 valence electrons. The summed E-state index contributed by atoms with van der Waals surface area (Å²) in [6, 6.07) is 5.85. The number of aryl methyl sites for hydroxylation is 4. The first-order valence-electron chi connectivity index (χ1n) is 9.02. The molecule has 0 bridgehead atoms. The highest BCUT2D eigenvalue weighted by Gasteiger charge is 2.19. The topological polar surface area (TPSA) is 61.4 Å². The van der Waals surface area contributed by atoms with Crippen molar-refractivity contribution in [3.8, 4) is 0 Å². The Kier molecular flexibility index (Phi) is 5.23. The number of carbonyl (C=O) groups excluding carboxylic acids is 1. The molecule has 1 fully saturated rings. The van der Waals surface area contributed by atoms with E-state index in [0.717, 1.165) is 54.6 Å². The molecule has 0 atom stereocenters. The Labute approximate surface area is 155 Å². The van der Waals surface area contributed by atoms with Gasteiger partial charge in [0.25, 0.3) is 5.91 Å². The van der Waals surface area contributed by atoms with Crippen LogP contribution in [0.1, 0.15) is 32.9 Å². The van der Waals surface area contributed by atoms with Crippen LogP contribution in [0.4, 0.5) is 11.6 Å². The van der Waals surface area contributed by atoms with E-state index in [1.165, 1.54) is 0 Å². The van der Waals surface area contributed by atoms with Gasteiger partial charge in [-0.15, -0.1) is 0 Å². The minimum atomic E-state index is -0.126. The molecule has 3 rings (SSSR count). The highest BCUT2D eigenvalue weighted by molar-refractivity contribution is 6.05. The maximum Gasteiger partial charge on any atom is 0.255 e. The number of amides is 1. The smallest absolute Gasteiger partial charge is 0.255 e. The average molecular weight is 353 g/mol. The van der Waals surface area contributed by atoms with E-state index in [1.54, 1.807) is 0 Å². The van der Waals surface area contributed by atoms with Crippen molar-refractivity contribution >= 4 is 17.5 Å². The lowest BCUT2D eigenvalue weighted by Crippen LogP contribution is -2.45. The fourth-order valence-electron chi connectivity index (χ4n) is 3.32. The van der Waals surface area contributed by atoms with Gasteiger partial charge < -0.3 is 15.1 Å². The van der Waals surface area contributed by atoms with Crippen LogP contribution in [-0.2, 0) is 0 Å². The van der Waals surface area contributed by atoms with Gasteiger partial charge in [0.05, 0.1) is 17.1 Å². The van der Waals surface area contributed by atoms with Crippen LogP contribution in [0, 0.1) is 27.7 Å². The molecule has 0 unspecified atom stereocenters. The Morgan fingerprint density at radius 2 is 1.46 bits per heavy atom. The van der Waals surface area contributed by atoms with Crippen molar-refractivity contribution in [3.05, 3.63) is 46.3 Å². The Morgan fingerprint density at radius 1 is 0.923 bits per heavy atom. The van der Waals surface area contributed by atoms with Gasteiger partial charge in [0, 0.05) is 31.7 Å². The first-order chi connectivity index (χ1) is 12.3. The SMILES string of the molecule is Cc1cc(C)cc(C(=O)Nc2c(C)nc(N3CCN(C)CC3)nc2C)c1. The van der Waals surface area contributed by atoms with Crippen LogP contribution in [0.2, 0.25) is 0 Å². The van der Waals surface area contributed by atoms with Crippen LogP contribution < -0.4 is 10.2 Å². The summed E-state index contributed by atoms with van der Waals surface area (Å²) in [5.74, 6) is 0.622. The predicted molar refractivity (Wildman–Crippen MR) is 105 cm³/mol.